The molecule has 1 heterocycles. The molecule has 2 rings (SSSR count). The number of sulfonamides is 1. The highest BCUT2D eigenvalue weighted by atomic mass is 32.2. The molecule has 0 spiro atoms. The predicted molar refractivity (Wildman–Crippen MR) is 83.6 cm³/mol. The van der Waals surface area contributed by atoms with Gasteiger partial charge in [-0.25, -0.2) is 8.42 Å². The lowest BCUT2D eigenvalue weighted by molar-refractivity contribution is -0.124. The number of nitrogens with one attached hydrogen (secondary N) is 1. The largest absolute Gasteiger partial charge is 0.380 e. The summed E-state index contributed by atoms with van der Waals surface area (Å²) in [5.41, 5.74) is 1.98. The summed E-state index contributed by atoms with van der Waals surface area (Å²) in [7, 11) is -1.72. The van der Waals surface area contributed by atoms with Crippen LogP contribution >= 0.6 is 0 Å². The molecule has 1 aromatic rings. The topological polar surface area (TPSA) is 75.7 Å². The summed E-state index contributed by atoms with van der Waals surface area (Å²) >= 11 is 0. The Morgan fingerprint density at radius 1 is 1.36 bits per heavy atom. The Kier molecular flexibility index (Phi) is 5.55. The van der Waals surface area contributed by atoms with Crippen LogP contribution in [0.3, 0.4) is 0 Å². The van der Waals surface area contributed by atoms with E-state index in [4.69, 9.17) is 4.74 Å². The van der Waals surface area contributed by atoms with Crippen LogP contribution in [-0.4, -0.2) is 44.6 Å². The number of carbonyl (C=O) groups is 1. The summed E-state index contributed by atoms with van der Waals surface area (Å²) in [5, 5.41) is 2.84. The van der Waals surface area contributed by atoms with E-state index in [0.717, 1.165) is 17.4 Å². The monoisotopic (exact) mass is 326 g/mol. The van der Waals surface area contributed by atoms with Crippen LogP contribution in [0.15, 0.2) is 24.3 Å². The van der Waals surface area contributed by atoms with Crippen molar-refractivity contribution in [3.8, 4) is 0 Å². The normalized spacial score (nSPS) is 19.3. The number of hydrogen-bond donors (Lipinski definition) is 1. The fourth-order valence-corrected chi connectivity index (χ4v) is 3.85. The number of rotatable bonds is 6. The lowest BCUT2D eigenvalue weighted by atomic mass is 10.1. The first-order chi connectivity index (χ1) is 10.4. The van der Waals surface area contributed by atoms with E-state index in [1.54, 1.807) is 7.11 Å². The molecule has 1 aliphatic rings. The van der Waals surface area contributed by atoms with Crippen molar-refractivity contribution in [2.45, 2.75) is 32.0 Å². The zero-order valence-electron chi connectivity index (χ0n) is 12.9. The standard InChI is InChI=1S/C15H22N2O4S/c1-21-11-13-7-4-3-6-12(13)10-16-15(18)14-8-5-9-17(14)22(2,19)20/h3-4,6-7,14H,5,8-11H2,1-2H3,(H,16,18)/t14-/m1/s1. The van der Waals surface area contributed by atoms with E-state index in [9.17, 15) is 13.2 Å². The first kappa shape index (κ1) is 16.9. The van der Waals surface area contributed by atoms with E-state index >= 15 is 0 Å². The quantitative estimate of drug-likeness (QED) is 0.842. The maximum absolute atomic E-state index is 12.3. The van der Waals surface area contributed by atoms with E-state index in [-0.39, 0.29) is 5.91 Å². The van der Waals surface area contributed by atoms with Gasteiger partial charge in [0.25, 0.3) is 0 Å². The molecule has 1 N–H and O–H groups in total. The van der Waals surface area contributed by atoms with Crippen molar-refractivity contribution >= 4 is 15.9 Å². The molecular weight excluding hydrogens is 304 g/mol. The van der Waals surface area contributed by atoms with Crippen LogP contribution in [0.25, 0.3) is 0 Å². The summed E-state index contributed by atoms with van der Waals surface area (Å²) in [6.07, 6.45) is 2.43. The minimum absolute atomic E-state index is 0.241. The summed E-state index contributed by atoms with van der Waals surface area (Å²) in [4.78, 5) is 12.3. The van der Waals surface area contributed by atoms with Gasteiger partial charge in [-0.2, -0.15) is 4.31 Å². The van der Waals surface area contributed by atoms with Gasteiger partial charge >= 0.3 is 0 Å². The first-order valence-electron chi connectivity index (χ1n) is 7.23. The van der Waals surface area contributed by atoms with Gasteiger partial charge in [-0.3, -0.25) is 4.79 Å². The van der Waals surface area contributed by atoms with Crippen molar-refractivity contribution in [1.82, 2.24) is 9.62 Å². The highest BCUT2D eigenvalue weighted by molar-refractivity contribution is 7.88. The van der Waals surface area contributed by atoms with Crippen molar-refractivity contribution in [3.05, 3.63) is 35.4 Å². The summed E-state index contributed by atoms with van der Waals surface area (Å²) in [6.45, 7) is 1.26. The molecule has 1 aliphatic heterocycles. The molecule has 0 radical (unpaired) electrons. The van der Waals surface area contributed by atoms with E-state index in [0.29, 0.717) is 32.5 Å². The predicted octanol–water partition coefficient (Wildman–Crippen LogP) is 0.873. The van der Waals surface area contributed by atoms with Crippen molar-refractivity contribution in [2.24, 2.45) is 0 Å². The molecule has 1 atom stereocenters. The van der Waals surface area contributed by atoms with Crippen molar-refractivity contribution in [2.75, 3.05) is 19.9 Å². The molecule has 0 aliphatic carbocycles. The number of benzene rings is 1. The van der Waals surface area contributed by atoms with Gasteiger partial charge in [-0.05, 0) is 24.0 Å². The van der Waals surface area contributed by atoms with Gasteiger partial charge in [0.1, 0.15) is 6.04 Å². The lowest BCUT2D eigenvalue weighted by Gasteiger charge is -2.21. The Morgan fingerprint density at radius 3 is 2.68 bits per heavy atom. The minimum atomic E-state index is -3.34. The average molecular weight is 326 g/mol. The Bertz CT molecular complexity index is 630. The van der Waals surface area contributed by atoms with Crippen LogP contribution in [0.5, 0.6) is 0 Å². The van der Waals surface area contributed by atoms with Gasteiger partial charge in [0.05, 0.1) is 12.9 Å². The van der Waals surface area contributed by atoms with E-state index in [2.05, 4.69) is 5.32 Å². The molecule has 1 saturated heterocycles. The molecular formula is C15H22N2O4S. The number of nitrogens with zero attached hydrogens (tertiary/aromatic N) is 1. The first-order valence-corrected chi connectivity index (χ1v) is 9.08. The number of amides is 1. The van der Waals surface area contributed by atoms with Crippen molar-refractivity contribution < 1.29 is 17.9 Å². The van der Waals surface area contributed by atoms with Crippen LogP contribution in [0.2, 0.25) is 0 Å². The van der Waals surface area contributed by atoms with Crippen LogP contribution in [-0.2, 0) is 32.7 Å². The van der Waals surface area contributed by atoms with Crippen LogP contribution in [0.4, 0.5) is 0 Å². The van der Waals surface area contributed by atoms with Crippen LogP contribution < -0.4 is 5.32 Å². The molecule has 122 valence electrons. The number of ether oxygens (including phenoxy) is 1. The van der Waals surface area contributed by atoms with Gasteiger partial charge < -0.3 is 10.1 Å². The maximum Gasteiger partial charge on any atom is 0.238 e. The van der Waals surface area contributed by atoms with Gasteiger partial charge in [-0.1, -0.05) is 24.3 Å². The fraction of sp³-hybridized carbons (Fsp3) is 0.533. The summed E-state index contributed by atoms with van der Waals surface area (Å²) < 4.78 is 29.8. The minimum Gasteiger partial charge on any atom is -0.380 e. The molecule has 1 aromatic carbocycles. The van der Waals surface area contributed by atoms with Crippen molar-refractivity contribution in [1.29, 1.82) is 0 Å². The Morgan fingerprint density at radius 2 is 2.05 bits per heavy atom. The Hall–Kier alpha value is -1.44. The molecule has 0 unspecified atom stereocenters. The third kappa shape index (κ3) is 4.06. The zero-order valence-corrected chi connectivity index (χ0v) is 13.7. The summed E-state index contributed by atoms with van der Waals surface area (Å²) in [6, 6.07) is 7.10. The van der Waals surface area contributed by atoms with Gasteiger partial charge in [0.2, 0.25) is 15.9 Å². The zero-order chi connectivity index (χ0) is 16.2. The Labute approximate surface area is 131 Å². The molecule has 0 saturated carbocycles. The highest BCUT2D eigenvalue weighted by Gasteiger charge is 2.36. The van der Waals surface area contributed by atoms with E-state index < -0.39 is 16.1 Å². The average Bonchev–Trinajstić information content (AvgIpc) is 2.96. The Balaban J connectivity index is 2.01. The van der Waals surface area contributed by atoms with Crippen LogP contribution in [0.1, 0.15) is 24.0 Å². The molecule has 7 heteroatoms. The number of methoxy groups -OCH3 is 1. The SMILES string of the molecule is COCc1ccccc1CNC(=O)[C@H]1CCCN1S(C)(=O)=O. The van der Waals surface area contributed by atoms with E-state index in [1.165, 1.54) is 4.31 Å². The molecule has 1 fully saturated rings. The molecule has 0 aromatic heterocycles. The molecule has 0 bridgehead atoms. The third-order valence-corrected chi connectivity index (χ3v) is 5.09. The van der Waals surface area contributed by atoms with Gasteiger partial charge in [0, 0.05) is 20.2 Å². The maximum atomic E-state index is 12.3. The van der Waals surface area contributed by atoms with Crippen LogP contribution in [0, 0.1) is 0 Å². The van der Waals surface area contributed by atoms with E-state index in [1.807, 2.05) is 24.3 Å². The van der Waals surface area contributed by atoms with Gasteiger partial charge in [0.15, 0.2) is 0 Å². The summed E-state index contributed by atoms with van der Waals surface area (Å²) in [5.74, 6) is -0.241. The van der Waals surface area contributed by atoms with Gasteiger partial charge in [-0.15, -0.1) is 0 Å². The molecule has 1 amide bonds. The second-order valence-electron chi connectivity index (χ2n) is 5.45. The highest BCUT2D eigenvalue weighted by Crippen LogP contribution is 2.20. The second-order valence-corrected chi connectivity index (χ2v) is 7.39. The molecule has 22 heavy (non-hydrogen) atoms. The second kappa shape index (κ2) is 7.21. The smallest absolute Gasteiger partial charge is 0.238 e. The fourth-order valence-electron chi connectivity index (χ4n) is 2.73. The number of carbonyl (C=O) groups excluding carboxylic acids is 1. The molecule has 6 nitrogen and oxygen atoms in total. The third-order valence-electron chi connectivity index (χ3n) is 3.80. The number of hydrogen-bond acceptors (Lipinski definition) is 4. The lowest BCUT2D eigenvalue weighted by Crippen LogP contribution is -2.45. The van der Waals surface area contributed by atoms with Crippen molar-refractivity contribution in [3.63, 3.8) is 0 Å².